The van der Waals surface area contributed by atoms with Crippen molar-refractivity contribution < 1.29 is 38.1 Å². The first-order valence-corrected chi connectivity index (χ1v) is 16.4. The number of benzene rings is 2. The maximum Gasteiger partial charge on any atom is 0.339 e. The third-order valence-electron chi connectivity index (χ3n) is 7.17. The van der Waals surface area contributed by atoms with E-state index in [0.717, 1.165) is 51.4 Å². The summed E-state index contributed by atoms with van der Waals surface area (Å²) in [4.78, 5) is 55.0. The van der Waals surface area contributed by atoms with Crippen LogP contribution < -0.4 is 0 Å². The molecule has 0 amide bonds. The van der Waals surface area contributed by atoms with Crippen molar-refractivity contribution in [3.63, 3.8) is 0 Å². The van der Waals surface area contributed by atoms with Gasteiger partial charge in [-0.2, -0.15) is 0 Å². The highest BCUT2D eigenvalue weighted by molar-refractivity contribution is 6.18. The molecule has 0 saturated heterocycles. The number of hydrogen-bond donors (Lipinski definition) is 0. The van der Waals surface area contributed by atoms with E-state index >= 15 is 0 Å². The van der Waals surface area contributed by atoms with E-state index in [0.29, 0.717) is 31.2 Å². The minimum absolute atomic E-state index is 0.0923. The summed E-state index contributed by atoms with van der Waals surface area (Å²) in [5.41, 5.74) is -0.0993. The predicted molar refractivity (Wildman–Crippen MR) is 171 cm³/mol. The van der Waals surface area contributed by atoms with Crippen molar-refractivity contribution in [1.82, 2.24) is 0 Å². The largest absolute Gasteiger partial charge is 0.462 e. The Hall–Kier alpha value is -3.68. The summed E-state index contributed by atoms with van der Waals surface area (Å²) >= 11 is 0. The van der Waals surface area contributed by atoms with Gasteiger partial charge in [0.25, 0.3) is 0 Å². The molecule has 242 valence electrons. The number of hydrogen-bond acceptors (Lipinski definition) is 8. The summed E-state index contributed by atoms with van der Waals surface area (Å²) in [6.45, 7) is 8.62. The fourth-order valence-corrected chi connectivity index (χ4v) is 4.68. The van der Waals surface area contributed by atoms with E-state index < -0.39 is 23.9 Å². The number of esters is 4. The van der Waals surface area contributed by atoms with Crippen LogP contribution in [-0.2, 0) is 18.9 Å². The lowest BCUT2D eigenvalue weighted by Crippen LogP contribution is -2.25. The van der Waals surface area contributed by atoms with Gasteiger partial charge in [0, 0.05) is 0 Å². The molecule has 0 atom stereocenters. The Morgan fingerprint density at radius 2 is 0.864 bits per heavy atom. The van der Waals surface area contributed by atoms with Gasteiger partial charge in [-0.05, 0) is 42.9 Å². The monoisotopic (exact) mass is 610 g/mol. The molecule has 0 saturated carbocycles. The van der Waals surface area contributed by atoms with Gasteiger partial charge in [-0.25, -0.2) is 19.2 Å². The maximum atomic E-state index is 13.9. The van der Waals surface area contributed by atoms with Crippen molar-refractivity contribution in [3.05, 3.63) is 58.7 Å². The third-order valence-corrected chi connectivity index (χ3v) is 7.17. The van der Waals surface area contributed by atoms with Crippen LogP contribution in [0.3, 0.4) is 0 Å². The number of ether oxygens (including phenoxy) is 4. The number of carbonyl (C=O) groups excluding carboxylic acids is 4. The fraction of sp³-hybridized carbons (Fsp3) is 0.556. The molecule has 8 nitrogen and oxygen atoms in total. The molecule has 2 rings (SSSR count). The first-order chi connectivity index (χ1) is 21.4. The SMILES string of the molecule is CCCCCOC(=O)c1cc(-c2ccccc2)c(C(=O)OCCCCC)c(C(=O)OCCCCC)c1C(=O)OCCCCC. The van der Waals surface area contributed by atoms with Gasteiger partial charge in [0.15, 0.2) is 0 Å². The minimum atomic E-state index is -0.889. The van der Waals surface area contributed by atoms with E-state index in [9.17, 15) is 19.2 Å². The third kappa shape index (κ3) is 11.4. The van der Waals surface area contributed by atoms with Crippen LogP contribution in [0.15, 0.2) is 36.4 Å². The van der Waals surface area contributed by atoms with Crippen molar-refractivity contribution >= 4 is 23.9 Å². The van der Waals surface area contributed by atoms with E-state index in [2.05, 4.69) is 0 Å². The Bertz CT molecular complexity index is 1190. The molecule has 0 N–H and O–H groups in total. The topological polar surface area (TPSA) is 105 Å². The van der Waals surface area contributed by atoms with Crippen LogP contribution >= 0.6 is 0 Å². The van der Waals surface area contributed by atoms with Gasteiger partial charge in [0.2, 0.25) is 0 Å². The van der Waals surface area contributed by atoms with Crippen molar-refractivity contribution in [1.29, 1.82) is 0 Å². The van der Waals surface area contributed by atoms with Gasteiger partial charge in [0.1, 0.15) is 0 Å². The summed E-state index contributed by atoms with van der Waals surface area (Å²) in [6.07, 6.45) is 9.65. The summed E-state index contributed by atoms with van der Waals surface area (Å²) in [5.74, 6) is -3.33. The normalized spacial score (nSPS) is 10.7. The van der Waals surface area contributed by atoms with Gasteiger partial charge in [-0.3, -0.25) is 0 Å². The Kier molecular flexibility index (Phi) is 17.5. The molecule has 44 heavy (non-hydrogen) atoms. The average molecular weight is 611 g/mol. The molecule has 0 aliphatic carbocycles. The van der Waals surface area contributed by atoms with E-state index in [1.54, 1.807) is 24.3 Å². The van der Waals surface area contributed by atoms with Crippen molar-refractivity contribution in [2.45, 2.75) is 105 Å². The number of rotatable bonds is 21. The molecule has 0 heterocycles. The Balaban J connectivity index is 2.82. The second-order valence-electron chi connectivity index (χ2n) is 10.8. The standard InChI is InChI=1S/C36H50O8/c1-5-9-16-22-41-33(37)29-26-28(27-20-14-13-15-21-27)30(34(38)42-23-17-10-6-2)32(36(40)44-25-19-12-8-4)31(29)35(39)43-24-18-11-7-3/h13-15,20-21,26H,5-12,16-19,22-25H2,1-4H3. The molecule has 2 aromatic rings. The van der Waals surface area contributed by atoms with E-state index in [4.69, 9.17) is 18.9 Å². The smallest absolute Gasteiger partial charge is 0.339 e. The summed E-state index contributed by atoms with van der Waals surface area (Å²) in [6, 6.07) is 10.4. The number of carbonyl (C=O) groups is 4. The lowest BCUT2D eigenvalue weighted by atomic mass is 9.88. The van der Waals surface area contributed by atoms with Crippen LogP contribution in [0.4, 0.5) is 0 Å². The molecule has 0 fully saturated rings. The summed E-state index contributed by atoms with van der Waals surface area (Å²) < 4.78 is 22.4. The van der Waals surface area contributed by atoms with Gasteiger partial charge in [-0.1, -0.05) is 109 Å². The van der Waals surface area contributed by atoms with Crippen LogP contribution in [0.5, 0.6) is 0 Å². The maximum absolute atomic E-state index is 13.9. The first kappa shape index (κ1) is 36.5. The Morgan fingerprint density at radius 1 is 0.477 bits per heavy atom. The van der Waals surface area contributed by atoms with Crippen molar-refractivity contribution in [2.24, 2.45) is 0 Å². The van der Waals surface area contributed by atoms with Gasteiger partial charge in [-0.15, -0.1) is 0 Å². The second kappa shape index (κ2) is 21.1. The van der Waals surface area contributed by atoms with Gasteiger partial charge in [0.05, 0.1) is 48.7 Å². The van der Waals surface area contributed by atoms with Crippen LogP contribution in [-0.4, -0.2) is 50.3 Å². The molecule has 0 aromatic heterocycles. The molecule has 0 radical (unpaired) electrons. The first-order valence-electron chi connectivity index (χ1n) is 16.4. The minimum Gasteiger partial charge on any atom is -0.462 e. The molecule has 0 aliphatic rings. The molecule has 0 spiro atoms. The zero-order valence-electron chi connectivity index (χ0n) is 27.0. The lowest BCUT2D eigenvalue weighted by molar-refractivity contribution is 0.0416. The van der Waals surface area contributed by atoms with Crippen LogP contribution in [0.2, 0.25) is 0 Å². The molecular formula is C36H50O8. The second-order valence-corrected chi connectivity index (χ2v) is 10.8. The molecule has 8 heteroatoms. The quantitative estimate of drug-likeness (QED) is 0.0785. The van der Waals surface area contributed by atoms with Crippen molar-refractivity contribution in [3.8, 4) is 11.1 Å². The summed E-state index contributed by atoms with van der Waals surface area (Å²) in [7, 11) is 0. The molecule has 0 aliphatic heterocycles. The van der Waals surface area contributed by atoms with Gasteiger partial charge >= 0.3 is 23.9 Å². The predicted octanol–water partition coefficient (Wildman–Crippen LogP) is 8.74. The Morgan fingerprint density at radius 3 is 1.30 bits per heavy atom. The molecular weight excluding hydrogens is 560 g/mol. The van der Waals surface area contributed by atoms with Crippen LogP contribution in [0, 0.1) is 0 Å². The van der Waals surface area contributed by atoms with E-state index in [1.165, 1.54) is 6.07 Å². The van der Waals surface area contributed by atoms with Crippen molar-refractivity contribution in [2.75, 3.05) is 26.4 Å². The highest BCUT2D eigenvalue weighted by atomic mass is 16.5. The summed E-state index contributed by atoms with van der Waals surface area (Å²) in [5, 5.41) is 0. The zero-order chi connectivity index (χ0) is 32.2. The molecule has 0 unspecified atom stereocenters. The highest BCUT2D eigenvalue weighted by Gasteiger charge is 2.36. The van der Waals surface area contributed by atoms with Crippen LogP contribution in [0.1, 0.15) is 146 Å². The van der Waals surface area contributed by atoms with Crippen LogP contribution in [0.25, 0.3) is 11.1 Å². The van der Waals surface area contributed by atoms with E-state index in [-0.39, 0.29) is 54.2 Å². The lowest BCUT2D eigenvalue weighted by Gasteiger charge is -2.20. The average Bonchev–Trinajstić information content (AvgIpc) is 3.04. The van der Waals surface area contributed by atoms with Gasteiger partial charge < -0.3 is 18.9 Å². The molecule has 2 aromatic carbocycles. The number of unbranched alkanes of at least 4 members (excludes halogenated alkanes) is 8. The zero-order valence-corrected chi connectivity index (χ0v) is 27.0. The Labute approximate surface area is 262 Å². The fourth-order valence-electron chi connectivity index (χ4n) is 4.68. The van der Waals surface area contributed by atoms with E-state index in [1.807, 2.05) is 33.8 Å². The molecule has 0 bridgehead atoms. The highest BCUT2D eigenvalue weighted by Crippen LogP contribution is 2.34.